The highest BCUT2D eigenvalue weighted by Gasteiger charge is 2.17. The van der Waals surface area contributed by atoms with E-state index in [0.717, 1.165) is 5.56 Å². The molecule has 0 radical (unpaired) electrons. The Bertz CT molecular complexity index is 805. The van der Waals surface area contributed by atoms with E-state index in [1.165, 1.54) is 18.9 Å². The van der Waals surface area contributed by atoms with E-state index in [9.17, 15) is 4.79 Å². The molecule has 3 rings (SSSR count). The quantitative estimate of drug-likeness (QED) is 0.536. The molecule has 0 unspecified atom stereocenters. The number of carbonyl (C=O) groups is 1. The normalized spacial score (nSPS) is 12.3. The first-order valence-electron chi connectivity index (χ1n) is 6.56. The molecule has 3 aromatic heterocycles. The van der Waals surface area contributed by atoms with Crippen LogP contribution in [0.2, 0.25) is 0 Å². The van der Waals surface area contributed by atoms with E-state index in [1.54, 1.807) is 29.9 Å². The monoisotopic (exact) mass is 315 g/mol. The maximum absolute atomic E-state index is 11.5. The third-order valence-electron chi connectivity index (χ3n) is 2.99. The maximum atomic E-state index is 11.5. The summed E-state index contributed by atoms with van der Waals surface area (Å²) in [5, 5.41) is 13.1. The molecule has 8 heteroatoms. The fourth-order valence-corrected chi connectivity index (χ4v) is 2.74. The number of carbonyl (C=O) groups excluding carboxylic acids is 1. The molecule has 0 fully saturated rings. The molecule has 0 saturated heterocycles. The second-order valence-corrected chi connectivity index (χ2v) is 5.85. The van der Waals surface area contributed by atoms with Gasteiger partial charge in [0.2, 0.25) is 0 Å². The predicted molar refractivity (Wildman–Crippen MR) is 81.3 cm³/mol. The SMILES string of the molecule is COC(=O)[C@@H](C)Sc1ccc2nnc(-c3cccnc3)n2n1. The second kappa shape index (κ2) is 6.10. The van der Waals surface area contributed by atoms with Gasteiger partial charge < -0.3 is 4.74 Å². The van der Waals surface area contributed by atoms with Gasteiger partial charge in [-0.15, -0.1) is 10.2 Å². The van der Waals surface area contributed by atoms with Crippen molar-refractivity contribution >= 4 is 23.4 Å². The van der Waals surface area contributed by atoms with Crippen LogP contribution in [0.5, 0.6) is 0 Å². The number of hydrogen-bond acceptors (Lipinski definition) is 7. The zero-order valence-electron chi connectivity index (χ0n) is 12.0. The van der Waals surface area contributed by atoms with Crippen LogP contribution in [0.4, 0.5) is 0 Å². The van der Waals surface area contributed by atoms with Crippen molar-refractivity contribution in [3.63, 3.8) is 0 Å². The van der Waals surface area contributed by atoms with Crippen LogP contribution in [-0.4, -0.2) is 43.1 Å². The van der Waals surface area contributed by atoms with Crippen molar-refractivity contribution in [2.24, 2.45) is 0 Å². The first-order valence-corrected chi connectivity index (χ1v) is 7.44. The average Bonchev–Trinajstić information content (AvgIpc) is 2.98. The van der Waals surface area contributed by atoms with Gasteiger partial charge in [0.25, 0.3) is 0 Å². The number of aromatic nitrogens is 5. The van der Waals surface area contributed by atoms with Crippen LogP contribution in [0.15, 0.2) is 41.7 Å². The zero-order chi connectivity index (χ0) is 15.5. The Morgan fingerprint density at radius 1 is 1.32 bits per heavy atom. The molecule has 0 saturated carbocycles. The fraction of sp³-hybridized carbons (Fsp3) is 0.214. The molecule has 0 aliphatic rings. The van der Waals surface area contributed by atoms with Crippen LogP contribution in [0.25, 0.3) is 17.0 Å². The Balaban J connectivity index is 1.97. The van der Waals surface area contributed by atoms with Gasteiger partial charge in [0.1, 0.15) is 10.3 Å². The Labute approximate surface area is 130 Å². The van der Waals surface area contributed by atoms with Crippen LogP contribution in [0.1, 0.15) is 6.92 Å². The molecule has 0 bridgehead atoms. The third-order valence-corrected chi connectivity index (χ3v) is 3.99. The summed E-state index contributed by atoms with van der Waals surface area (Å²) in [6, 6.07) is 7.34. The van der Waals surface area contributed by atoms with Crippen molar-refractivity contribution in [3.05, 3.63) is 36.7 Å². The molecule has 112 valence electrons. The molecule has 0 spiro atoms. The molecular formula is C14H13N5O2S. The molecule has 0 aliphatic carbocycles. The predicted octanol–water partition coefficient (Wildman–Crippen LogP) is 1.84. The minimum absolute atomic E-state index is 0.289. The van der Waals surface area contributed by atoms with Gasteiger partial charge in [-0.3, -0.25) is 9.78 Å². The fourth-order valence-electron chi connectivity index (χ4n) is 1.91. The molecular weight excluding hydrogens is 302 g/mol. The number of rotatable bonds is 4. The number of ether oxygens (including phenoxy) is 1. The summed E-state index contributed by atoms with van der Waals surface area (Å²) < 4.78 is 6.36. The Kier molecular flexibility index (Phi) is 4.01. The maximum Gasteiger partial charge on any atom is 0.318 e. The van der Waals surface area contributed by atoms with Crippen LogP contribution in [0.3, 0.4) is 0 Å². The summed E-state index contributed by atoms with van der Waals surface area (Å²) in [5.41, 5.74) is 1.46. The summed E-state index contributed by atoms with van der Waals surface area (Å²) in [6.45, 7) is 1.77. The van der Waals surface area contributed by atoms with E-state index in [4.69, 9.17) is 4.74 Å². The molecule has 0 aromatic carbocycles. The highest BCUT2D eigenvalue weighted by Crippen LogP contribution is 2.23. The van der Waals surface area contributed by atoms with Crippen LogP contribution in [0, 0.1) is 0 Å². The second-order valence-electron chi connectivity index (χ2n) is 4.49. The van der Waals surface area contributed by atoms with Crippen LogP contribution < -0.4 is 0 Å². The molecule has 1 atom stereocenters. The smallest absolute Gasteiger partial charge is 0.318 e. The number of nitrogens with zero attached hydrogens (tertiary/aromatic N) is 5. The standard InChI is InChI=1S/C14H13N5O2S/c1-9(14(20)21-2)22-12-6-5-11-16-17-13(19(11)18-12)10-4-3-7-15-8-10/h3-9H,1-2H3/t9-/m1/s1. The van der Waals surface area contributed by atoms with Crippen LogP contribution in [-0.2, 0) is 9.53 Å². The van der Waals surface area contributed by atoms with Crippen molar-refractivity contribution < 1.29 is 9.53 Å². The van der Waals surface area contributed by atoms with Gasteiger partial charge in [-0.05, 0) is 31.2 Å². The Hall–Kier alpha value is -2.48. The number of fused-ring (bicyclic) bond motifs is 1. The summed E-state index contributed by atoms with van der Waals surface area (Å²) in [7, 11) is 1.37. The third kappa shape index (κ3) is 2.77. The summed E-state index contributed by atoms with van der Waals surface area (Å²) in [5.74, 6) is 0.319. The lowest BCUT2D eigenvalue weighted by Gasteiger charge is -2.08. The molecule has 0 N–H and O–H groups in total. The zero-order valence-corrected chi connectivity index (χ0v) is 12.8. The van der Waals surface area contributed by atoms with Crippen molar-refractivity contribution in [3.8, 4) is 11.4 Å². The molecule has 22 heavy (non-hydrogen) atoms. The largest absolute Gasteiger partial charge is 0.468 e. The van der Waals surface area contributed by atoms with Gasteiger partial charge in [0, 0.05) is 18.0 Å². The minimum atomic E-state index is -0.340. The number of methoxy groups -OCH3 is 1. The highest BCUT2D eigenvalue weighted by atomic mass is 32.2. The van der Waals surface area contributed by atoms with Crippen molar-refractivity contribution in [1.29, 1.82) is 0 Å². The Morgan fingerprint density at radius 3 is 2.91 bits per heavy atom. The van der Waals surface area contributed by atoms with E-state index < -0.39 is 0 Å². The molecule has 0 aliphatic heterocycles. The summed E-state index contributed by atoms with van der Waals surface area (Å²) in [4.78, 5) is 15.6. The topological polar surface area (TPSA) is 82.3 Å². The Morgan fingerprint density at radius 2 is 2.18 bits per heavy atom. The molecule has 7 nitrogen and oxygen atoms in total. The highest BCUT2D eigenvalue weighted by molar-refractivity contribution is 8.00. The number of hydrogen-bond donors (Lipinski definition) is 0. The minimum Gasteiger partial charge on any atom is -0.468 e. The van der Waals surface area contributed by atoms with Crippen LogP contribution >= 0.6 is 11.8 Å². The van der Waals surface area contributed by atoms with E-state index in [-0.39, 0.29) is 11.2 Å². The van der Waals surface area contributed by atoms with E-state index in [1.807, 2.05) is 18.2 Å². The molecule has 3 aromatic rings. The van der Waals surface area contributed by atoms with Gasteiger partial charge in [0.15, 0.2) is 11.5 Å². The van der Waals surface area contributed by atoms with Gasteiger partial charge in [-0.2, -0.15) is 9.61 Å². The van der Waals surface area contributed by atoms with Gasteiger partial charge in [-0.25, -0.2) is 0 Å². The van der Waals surface area contributed by atoms with Crippen molar-refractivity contribution in [2.45, 2.75) is 17.2 Å². The lowest BCUT2D eigenvalue weighted by molar-refractivity contribution is -0.139. The van der Waals surface area contributed by atoms with Crippen molar-refractivity contribution in [2.75, 3.05) is 7.11 Å². The average molecular weight is 315 g/mol. The molecule has 0 amide bonds. The summed E-state index contributed by atoms with van der Waals surface area (Å²) >= 11 is 1.32. The number of esters is 1. The van der Waals surface area contributed by atoms with E-state index in [2.05, 4.69) is 20.3 Å². The van der Waals surface area contributed by atoms with Gasteiger partial charge in [0.05, 0.1) is 7.11 Å². The lowest BCUT2D eigenvalue weighted by atomic mass is 10.3. The lowest BCUT2D eigenvalue weighted by Crippen LogP contribution is -2.15. The van der Waals surface area contributed by atoms with Crippen molar-refractivity contribution in [1.82, 2.24) is 24.8 Å². The summed E-state index contributed by atoms with van der Waals surface area (Å²) in [6.07, 6.45) is 3.40. The first-order chi connectivity index (χ1) is 10.7. The van der Waals surface area contributed by atoms with Gasteiger partial charge in [-0.1, -0.05) is 11.8 Å². The van der Waals surface area contributed by atoms with Gasteiger partial charge >= 0.3 is 5.97 Å². The molecule has 3 heterocycles. The van der Waals surface area contributed by atoms with E-state index in [0.29, 0.717) is 16.5 Å². The number of thioether (sulfide) groups is 1. The number of pyridine rings is 1. The first kappa shape index (κ1) is 14.5. The van der Waals surface area contributed by atoms with E-state index >= 15 is 0 Å².